The lowest BCUT2D eigenvalue weighted by Crippen LogP contribution is -2.29. The smallest absolute Gasteiger partial charge is 0.215 e. The minimum Gasteiger partial charge on any atom is -0.267 e. The number of hydrogen-bond acceptors (Lipinski definition) is 4. The third-order valence-electron chi connectivity index (χ3n) is 5.11. The predicted octanol–water partition coefficient (Wildman–Crippen LogP) is 3.08. The van der Waals surface area contributed by atoms with Crippen LogP contribution in [0.25, 0.3) is 11.4 Å². The third kappa shape index (κ3) is 4.54. The van der Waals surface area contributed by atoms with Gasteiger partial charge in [0.05, 0.1) is 18.0 Å². The Labute approximate surface area is 169 Å². The van der Waals surface area contributed by atoms with Gasteiger partial charge in [-0.15, -0.1) is 0 Å². The summed E-state index contributed by atoms with van der Waals surface area (Å²) in [7, 11) is -3.64. The molecule has 0 aliphatic heterocycles. The van der Waals surface area contributed by atoms with Gasteiger partial charge in [0.2, 0.25) is 10.0 Å². The maximum Gasteiger partial charge on any atom is 0.215 e. The Bertz CT molecular complexity index is 1100. The fourth-order valence-corrected chi connectivity index (χ4v) is 4.89. The molecule has 0 atom stereocenters. The van der Waals surface area contributed by atoms with Crippen LogP contribution in [0.3, 0.4) is 0 Å². The molecule has 1 aliphatic carbocycles. The van der Waals surface area contributed by atoms with Crippen molar-refractivity contribution in [1.82, 2.24) is 19.5 Å². The molecule has 2 heterocycles. The molecule has 1 N–H and O–H groups in total. The van der Waals surface area contributed by atoms with E-state index >= 15 is 0 Å². The third-order valence-corrected chi connectivity index (χ3v) is 6.45. The Kier molecular flexibility index (Phi) is 5.73. The molecule has 1 aromatic carbocycles. The van der Waals surface area contributed by atoms with E-state index in [9.17, 15) is 12.8 Å². The van der Waals surface area contributed by atoms with Crippen LogP contribution in [0.2, 0.25) is 0 Å². The highest BCUT2D eigenvalue weighted by Crippen LogP contribution is 2.30. The Morgan fingerprint density at radius 2 is 1.86 bits per heavy atom. The zero-order valence-electron chi connectivity index (χ0n) is 16.0. The van der Waals surface area contributed by atoms with Gasteiger partial charge in [-0.3, -0.25) is 9.67 Å². The van der Waals surface area contributed by atoms with E-state index in [1.165, 1.54) is 17.7 Å². The number of nitrogens with zero attached hydrogens (tertiary/aromatic N) is 3. The summed E-state index contributed by atoms with van der Waals surface area (Å²) in [5.41, 5.74) is 4.25. The molecule has 3 aromatic rings. The summed E-state index contributed by atoms with van der Waals surface area (Å²) in [6, 6.07) is 11.7. The van der Waals surface area contributed by atoms with Crippen LogP contribution in [0.15, 0.2) is 48.7 Å². The molecule has 1 aliphatic rings. The first-order valence-electron chi connectivity index (χ1n) is 9.74. The van der Waals surface area contributed by atoms with E-state index in [1.54, 1.807) is 18.3 Å². The van der Waals surface area contributed by atoms with Crippen LogP contribution in [0.1, 0.15) is 29.7 Å². The lowest BCUT2D eigenvalue weighted by atomic mass is 9.95. The summed E-state index contributed by atoms with van der Waals surface area (Å²) >= 11 is 0. The van der Waals surface area contributed by atoms with Gasteiger partial charge in [0.15, 0.2) is 0 Å². The van der Waals surface area contributed by atoms with E-state index in [-0.39, 0.29) is 17.9 Å². The Morgan fingerprint density at radius 1 is 1.07 bits per heavy atom. The number of aromatic nitrogens is 3. The van der Waals surface area contributed by atoms with Crippen molar-refractivity contribution in [2.24, 2.45) is 0 Å². The highest BCUT2D eigenvalue weighted by Gasteiger charge is 2.22. The van der Waals surface area contributed by atoms with Gasteiger partial charge in [-0.1, -0.05) is 24.3 Å². The van der Waals surface area contributed by atoms with Crippen molar-refractivity contribution < 1.29 is 12.8 Å². The fourth-order valence-electron chi connectivity index (χ4n) is 3.74. The van der Waals surface area contributed by atoms with Gasteiger partial charge < -0.3 is 0 Å². The van der Waals surface area contributed by atoms with Crippen LogP contribution >= 0.6 is 0 Å². The number of hydrogen-bond donors (Lipinski definition) is 1. The number of nitrogens with one attached hydrogen (secondary N) is 1. The minimum absolute atomic E-state index is 0.161. The number of fused-ring (bicyclic) bond motifs is 1. The van der Waals surface area contributed by atoms with Crippen LogP contribution in [0, 0.1) is 5.82 Å². The molecule has 29 heavy (non-hydrogen) atoms. The second kappa shape index (κ2) is 8.42. The average Bonchev–Trinajstić information content (AvgIpc) is 3.09. The predicted molar refractivity (Wildman–Crippen MR) is 109 cm³/mol. The van der Waals surface area contributed by atoms with Crippen LogP contribution in [-0.2, 0) is 35.2 Å². The Morgan fingerprint density at radius 3 is 2.66 bits per heavy atom. The highest BCUT2D eigenvalue weighted by molar-refractivity contribution is 7.88. The summed E-state index contributed by atoms with van der Waals surface area (Å²) in [6.07, 6.45) is 5.85. The second-order valence-electron chi connectivity index (χ2n) is 7.16. The maximum absolute atomic E-state index is 13.7. The molecule has 152 valence electrons. The molecule has 8 heteroatoms. The van der Waals surface area contributed by atoms with Crippen molar-refractivity contribution in [2.75, 3.05) is 6.54 Å². The monoisotopic (exact) mass is 414 g/mol. The molecule has 0 radical (unpaired) electrons. The molecular weight excluding hydrogens is 391 g/mol. The molecule has 0 bridgehead atoms. The zero-order valence-corrected chi connectivity index (χ0v) is 16.8. The van der Waals surface area contributed by atoms with E-state index in [0.29, 0.717) is 6.54 Å². The fraction of sp³-hybridized carbons (Fsp3) is 0.333. The van der Waals surface area contributed by atoms with Crippen LogP contribution in [-0.4, -0.2) is 29.7 Å². The van der Waals surface area contributed by atoms with Crippen molar-refractivity contribution >= 4 is 10.0 Å². The van der Waals surface area contributed by atoms with Gasteiger partial charge in [-0.05, 0) is 43.9 Å². The normalized spacial score (nSPS) is 14.0. The Hall–Kier alpha value is -2.58. The quantitative estimate of drug-likeness (QED) is 0.645. The molecule has 0 amide bonds. The summed E-state index contributed by atoms with van der Waals surface area (Å²) in [4.78, 5) is 4.42. The number of rotatable bonds is 7. The first-order chi connectivity index (χ1) is 14.0. The SMILES string of the molecule is O=S(=O)(Cc1ccccc1F)NCCn1nc(-c2ccccn2)c2c1CCCC2. The zero-order chi connectivity index (χ0) is 20.3. The number of halogens is 1. The maximum atomic E-state index is 13.7. The topological polar surface area (TPSA) is 76.9 Å². The van der Waals surface area contributed by atoms with Crippen molar-refractivity contribution in [3.05, 3.63) is 71.3 Å². The lowest BCUT2D eigenvalue weighted by molar-refractivity contribution is 0.537. The first kappa shape index (κ1) is 19.7. The van der Waals surface area contributed by atoms with Gasteiger partial charge in [0, 0.05) is 29.6 Å². The van der Waals surface area contributed by atoms with Crippen molar-refractivity contribution in [1.29, 1.82) is 0 Å². The van der Waals surface area contributed by atoms with Crippen LogP contribution < -0.4 is 4.72 Å². The van der Waals surface area contributed by atoms with E-state index in [0.717, 1.165) is 42.8 Å². The van der Waals surface area contributed by atoms with Crippen LogP contribution in [0.4, 0.5) is 4.39 Å². The standard InChI is InChI=1S/C21H23FN4O2S/c22-18-9-3-1-7-16(18)15-29(27,28)24-13-14-26-20-11-4-2-8-17(20)21(25-26)19-10-5-6-12-23-19/h1,3,5-7,9-10,12,24H,2,4,8,11,13-15H2. The molecule has 0 saturated heterocycles. The molecule has 0 unspecified atom stereocenters. The summed E-state index contributed by atoms with van der Waals surface area (Å²) in [5, 5.41) is 4.74. The molecule has 6 nitrogen and oxygen atoms in total. The van der Waals surface area contributed by atoms with E-state index in [2.05, 4.69) is 9.71 Å². The molecule has 0 saturated carbocycles. The molecule has 0 spiro atoms. The summed E-state index contributed by atoms with van der Waals surface area (Å²) < 4.78 is 42.9. The van der Waals surface area contributed by atoms with Crippen molar-refractivity contribution in [3.8, 4) is 11.4 Å². The van der Waals surface area contributed by atoms with E-state index in [1.807, 2.05) is 22.9 Å². The number of sulfonamides is 1. The first-order valence-corrected chi connectivity index (χ1v) is 11.4. The number of pyridine rings is 1. The largest absolute Gasteiger partial charge is 0.267 e. The van der Waals surface area contributed by atoms with Crippen LogP contribution in [0.5, 0.6) is 0 Å². The minimum atomic E-state index is -3.64. The summed E-state index contributed by atoms with van der Waals surface area (Å²) in [5.74, 6) is -0.894. The van der Waals surface area contributed by atoms with Crippen molar-refractivity contribution in [3.63, 3.8) is 0 Å². The second-order valence-corrected chi connectivity index (χ2v) is 8.97. The van der Waals surface area contributed by atoms with Crippen molar-refractivity contribution in [2.45, 2.75) is 38.0 Å². The van der Waals surface area contributed by atoms with Gasteiger partial charge >= 0.3 is 0 Å². The van der Waals surface area contributed by atoms with Gasteiger partial charge in [0.25, 0.3) is 0 Å². The molecule has 2 aromatic heterocycles. The van der Waals surface area contributed by atoms with E-state index in [4.69, 9.17) is 5.10 Å². The average molecular weight is 415 g/mol. The number of benzene rings is 1. The van der Waals surface area contributed by atoms with Gasteiger partial charge in [-0.25, -0.2) is 17.5 Å². The molecular formula is C21H23FN4O2S. The highest BCUT2D eigenvalue weighted by atomic mass is 32.2. The molecule has 4 rings (SSSR count). The molecule has 0 fully saturated rings. The van der Waals surface area contributed by atoms with Gasteiger partial charge in [-0.2, -0.15) is 5.10 Å². The summed E-state index contributed by atoms with van der Waals surface area (Å²) in [6.45, 7) is 0.623. The van der Waals surface area contributed by atoms with E-state index < -0.39 is 15.8 Å². The lowest BCUT2D eigenvalue weighted by Gasteiger charge is -2.14. The van der Waals surface area contributed by atoms with Gasteiger partial charge in [0.1, 0.15) is 11.5 Å². The Balaban J connectivity index is 1.47.